The zero-order valence-corrected chi connectivity index (χ0v) is 9.30. The SMILES string of the molecule is CCc1nn(CC)c(CCC#N)c1Cl. The molecule has 0 radical (unpaired) electrons. The lowest BCUT2D eigenvalue weighted by Crippen LogP contribution is -2.02. The number of nitriles is 1. The Labute approximate surface area is 89.3 Å². The highest BCUT2D eigenvalue weighted by atomic mass is 35.5. The Hall–Kier alpha value is -1.01. The second kappa shape index (κ2) is 5.02. The summed E-state index contributed by atoms with van der Waals surface area (Å²) in [4.78, 5) is 0. The Morgan fingerprint density at radius 3 is 2.71 bits per heavy atom. The fourth-order valence-electron chi connectivity index (χ4n) is 1.43. The molecule has 0 N–H and O–H groups in total. The minimum atomic E-state index is 0.495. The van der Waals surface area contributed by atoms with Gasteiger partial charge in [-0.05, 0) is 13.3 Å². The predicted molar refractivity (Wildman–Crippen MR) is 56.2 cm³/mol. The zero-order chi connectivity index (χ0) is 10.6. The fourth-order valence-corrected chi connectivity index (χ4v) is 1.79. The van der Waals surface area contributed by atoms with Gasteiger partial charge in [-0.25, -0.2) is 0 Å². The first kappa shape index (κ1) is 11.1. The Bertz CT molecular complexity index is 349. The van der Waals surface area contributed by atoms with Crippen molar-refractivity contribution in [3.8, 4) is 6.07 Å². The van der Waals surface area contributed by atoms with Crippen LogP contribution >= 0.6 is 11.6 Å². The molecule has 1 rings (SSSR count). The van der Waals surface area contributed by atoms with Crippen molar-refractivity contribution in [1.29, 1.82) is 5.26 Å². The Morgan fingerprint density at radius 2 is 2.21 bits per heavy atom. The molecule has 1 heterocycles. The Kier molecular flexibility index (Phi) is 3.97. The van der Waals surface area contributed by atoms with Crippen LogP contribution in [-0.4, -0.2) is 9.78 Å². The summed E-state index contributed by atoms with van der Waals surface area (Å²) in [5, 5.41) is 13.6. The molecule has 0 aliphatic rings. The summed E-state index contributed by atoms with van der Waals surface area (Å²) in [5.74, 6) is 0. The van der Waals surface area contributed by atoms with Gasteiger partial charge < -0.3 is 0 Å². The average Bonchev–Trinajstić information content (AvgIpc) is 2.52. The van der Waals surface area contributed by atoms with Gasteiger partial charge in [-0.15, -0.1) is 0 Å². The van der Waals surface area contributed by atoms with Crippen molar-refractivity contribution in [1.82, 2.24) is 9.78 Å². The maximum Gasteiger partial charge on any atom is 0.0850 e. The average molecular weight is 212 g/mol. The first-order chi connectivity index (χ1) is 6.74. The van der Waals surface area contributed by atoms with E-state index in [-0.39, 0.29) is 0 Å². The summed E-state index contributed by atoms with van der Waals surface area (Å²) >= 11 is 6.15. The minimum absolute atomic E-state index is 0.495. The molecule has 0 atom stereocenters. The molecule has 0 aliphatic heterocycles. The smallest absolute Gasteiger partial charge is 0.0850 e. The van der Waals surface area contributed by atoms with Gasteiger partial charge in [0, 0.05) is 19.4 Å². The third kappa shape index (κ3) is 2.08. The van der Waals surface area contributed by atoms with Crippen LogP contribution in [0.1, 0.15) is 31.7 Å². The number of halogens is 1. The van der Waals surface area contributed by atoms with E-state index in [0.717, 1.165) is 29.4 Å². The molecule has 0 saturated carbocycles. The molecule has 1 aromatic rings. The maximum absolute atomic E-state index is 8.52. The van der Waals surface area contributed by atoms with Gasteiger partial charge in [0.25, 0.3) is 0 Å². The molecular weight excluding hydrogens is 198 g/mol. The third-order valence-corrected chi connectivity index (χ3v) is 2.60. The van der Waals surface area contributed by atoms with Gasteiger partial charge in [0.1, 0.15) is 0 Å². The largest absolute Gasteiger partial charge is 0.268 e. The van der Waals surface area contributed by atoms with Crippen LogP contribution in [0.4, 0.5) is 0 Å². The van der Waals surface area contributed by atoms with E-state index in [1.807, 2.05) is 18.5 Å². The van der Waals surface area contributed by atoms with Crippen LogP contribution in [0.5, 0.6) is 0 Å². The van der Waals surface area contributed by atoms with Crippen LogP contribution in [0.2, 0.25) is 5.02 Å². The number of aromatic nitrogens is 2. The fraction of sp³-hybridized carbons (Fsp3) is 0.600. The highest BCUT2D eigenvalue weighted by Crippen LogP contribution is 2.22. The standard InChI is InChI=1S/C10H14ClN3/c1-3-8-10(11)9(6-5-7-12)14(4-2)13-8/h3-6H2,1-2H3. The quantitative estimate of drug-likeness (QED) is 0.768. The minimum Gasteiger partial charge on any atom is -0.268 e. The summed E-state index contributed by atoms with van der Waals surface area (Å²) in [6.07, 6.45) is 2.02. The number of hydrogen-bond acceptors (Lipinski definition) is 2. The van der Waals surface area contributed by atoms with E-state index in [1.54, 1.807) is 0 Å². The maximum atomic E-state index is 8.52. The van der Waals surface area contributed by atoms with Crippen molar-refractivity contribution in [2.45, 2.75) is 39.7 Å². The van der Waals surface area contributed by atoms with E-state index in [0.29, 0.717) is 12.8 Å². The van der Waals surface area contributed by atoms with Gasteiger partial charge in [0.15, 0.2) is 0 Å². The molecular formula is C10H14ClN3. The van der Waals surface area contributed by atoms with Gasteiger partial charge in [-0.3, -0.25) is 4.68 Å². The van der Waals surface area contributed by atoms with E-state index >= 15 is 0 Å². The van der Waals surface area contributed by atoms with E-state index < -0.39 is 0 Å². The number of aryl methyl sites for hydroxylation is 2. The Morgan fingerprint density at radius 1 is 1.50 bits per heavy atom. The molecule has 1 aromatic heterocycles. The molecule has 0 aliphatic carbocycles. The third-order valence-electron chi connectivity index (χ3n) is 2.17. The molecule has 0 saturated heterocycles. The van der Waals surface area contributed by atoms with Crippen molar-refractivity contribution in [2.75, 3.05) is 0 Å². The van der Waals surface area contributed by atoms with Gasteiger partial charge in [-0.1, -0.05) is 18.5 Å². The van der Waals surface area contributed by atoms with Crippen LogP contribution < -0.4 is 0 Å². The van der Waals surface area contributed by atoms with Crippen LogP contribution in [0.3, 0.4) is 0 Å². The molecule has 14 heavy (non-hydrogen) atoms. The number of hydrogen-bond donors (Lipinski definition) is 0. The monoisotopic (exact) mass is 211 g/mol. The Balaban J connectivity index is 2.99. The first-order valence-corrected chi connectivity index (χ1v) is 5.23. The van der Waals surface area contributed by atoms with Crippen molar-refractivity contribution in [3.63, 3.8) is 0 Å². The summed E-state index contributed by atoms with van der Waals surface area (Å²) in [6, 6.07) is 2.12. The lowest BCUT2D eigenvalue weighted by atomic mass is 10.2. The van der Waals surface area contributed by atoms with E-state index in [1.165, 1.54) is 0 Å². The van der Waals surface area contributed by atoms with Crippen molar-refractivity contribution in [2.24, 2.45) is 0 Å². The normalized spacial score (nSPS) is 10.1. The van der Waals surface area contributed by atoms with Gasteiger partial charge in [-0.2, -0.15) is 10.4 Å². The van der Waals surface area contributed by atoms with Crippen LogP contribution in [-0.2, 0) is 19.4 Å². The number of nitrogens with zero attached hydrogens (tertiary/aromatic N) is 3. The van der Waals surface area contributed by atoms with E-state index in [2.05, 4.69) is 11.2 Å². The van der Waals surface area contributed by atoms with E-state index in [9.17, 15) is 0 Å². The lowest BCUT2D eigenvalue weighted by Gasteiger charge is -2.01. The molecule has 0 unspecified atom stereocenters. The van der Waals surface area contributed by atoms with Crippen LogP contribution in [0.25, 0.3) is 0 Å². The summed E-state index contributed by atoms with van der Waals surface area (Å²) in [6.45, 7) is 4.86. The van der Waals surface area contributed by atoms with Gasteiger partial charge in [0.05, 0.1) is 22.5 Å². The van der Waals surface area contributed by atoms with Gasteiger partial charge in [0.2, 0.25) is 0 Å². The zero-order valence-electron chi connectivity index (χ0n) is 8.55. The highest BCUT2D eigenvalue weighted by molar-refractivity contribution is 6.31. The van der Waals surface area contributed by atoms with Crippen molar-refractivity contribution >= 4 is 11.6 Å². The molecule has 4 heteroatoms. The van der Waals surface area contributed by atoms with E-state index in [4.69, 9.17) is 16.9 Å². The number of rotatable bonds is 4. The van der Waals surface area contributed by atoms with Crippen molar-refractivity contribution in [3.05, 3.63) is 16.4 Å². The topological polar surface area (TPSA) is 41.6 Å². The summed E-state index contributed by atoms with van der Waals surface area (Å²) in [5.41, 5.74) is 1.93. The molecule has 0 aromatic carbocycles. The second-order valence-corrected chi connectivity index (χ2v) is 3.41. The molecule has 76 valence electrons. The summed E-state index contributed by atoms with van der Waals surface area (Å²) < 4.78 is 1.89. The van der Waals surface area contributed by atoms with Crippen LogP contribution in [0, 0.1) is 11.3 Å². The van der Waals surface area contributed by atoms with Gasteiger partial charge >= 0.3 is 0 Å². The second-order valence-electron chi connectivity index (χ2n) is 3.03. The first-order valence-electron chi connectivity index (χ1n) is 4.85. The lowest BCUT2D eigenvalue weighted by molar-refractivity contribution is 0.613. The molecule has 0 bridgehead atoms. The summed E-state index contributed by atoms with van der Waals surface area (Å²) in [7, 11) is 0. The molecule has 0 fully saturated rings. The predicted octanol–water partition coefficient (Wildman–Crippen LogP) is 2.57. The molecule has 3 nitrogen and oxygen atoms in total. The van der Waals surface area contributed by atoms with Crippen molar-refractivity contribution < 1.29 is 0 Å². The molecule has 0 spiro atoms. The molecule has 0 amide bonds. The van der Waals surface area contributed by atoms with Crippen LogP contribution in [0.15, 0.2) is 0 Å². The highest BCUT2D eigenvalue weighted by Gasteiger charge is 2.13.